The fourth-order valence-electron chi connectivity index (χ4n) is 0.955. The number of nitrogens with zero attached hydrogens (tertiary/aromatic N) is 1. The second-order valence-corrected chi connectivity index (χ2v) is 3.04. The maximum absolute atomic E-state index is 11.7. The third-order valence-corrected chi connectivity index (χ3v) is 1.62. The molecule has 0 bridgehead atoms. The Morgan fingerprint density at radius 1 is 1.47 bits per heavy atom. The van der Waals surface area contributed by atoms with E-state index in [1.165, 1.54) is 18.2 Å². The van der Waals surface area contributed by atoms with Crippen molar-refractivity contribution in [2.24, 2.45) is 0 Å². The molecule has 17 heavy (non-hydrogen) atoms. The third-order valence-electron chi connectivity index (χ3n) is 1.62. The van der Waals surface area contributed by atoms with Crippen molar-refractivity contribution in [2.75, 3.05) is 6.61 Å². The van der Waals surface area contributed by atoms with E-state index in [-0.39, 0.29) is 17.9 Å². The lowest BCUT2D eigenvalue weighted by Crippen LogP contribution is -2.24. The Kier molecular flexibility index (Phi) is 4.41. The van der Waals surface area contributed by atoms with Crippen molar-refractivity contribution in [1.29, 1.82) is 0 Å². The molecule has 0 atom stereocenters. The molecular weight excluding hydrogens is 241 g/mol. The van der Waals surface area contributed by atoms with E-state index in [1.807, 2.05) is 5.48 Å². The molecule has 0 spiro atoms. The first-order valence-electron chi connectivity index (χ1n) is 4.49. The molecule has 0 saturated carbocycles. The van der Waals surface area contributed by atoms with Gasteiger partial charge < -0.3 is 5.11 Å². The van der Waals surface area contributed by atoms with Crippen LogP contribution in [0.25, 0.3) is 0 Å². The standard InChI is InChI=1S/C9H9F3N2O3/c10-9(11,12)5-17-13-4-6-2-1-3-7(14-6)8(15)16/h1-3,13H,4-5H2,(H,15,16). The van der Waals surface area contributed by atoms with Crippen molar-refractivity contribution in [3.63, 3.8) is 0 Å². The number of aromatic nitrogens is 1. The first-order valence-corrected chi connectivity index (χ1v) is 4.49. The van der Waals surface area contributed by atoms with Gasteiger partial charge in [0.2, 0.25) is 0 Å². The number of halogens is 3. The lowest BCUT2D eigenvalue weighted by molar-refractivity contribution is -0.190. The van der Waals surface area contributed by atoms with E-state index in [0.717, 1.165) is 0 Å². The maximum atomic E-state index is 11.7. The highest BCUT2D eigenvalue weighted by Crippen LogP contribution is 2.13. The molecule has 0 aliphatic rings. The van der Waals surface area contributed by atoms with Crippen molar-refractivity contribution in [2.45, 2.75) is 12.7 Å². The molecule has 2 N–H and O–H groups in total. The van der Waals surface area contributed by atoms with E-state index >= 15 is 0 Å². The summed E-state index contributed by atoms with van der Waals surface area (Å²) >= 11 is 0. The van der Waals surface area contributed by atoms with Gasteiger partial charge in [-0.05, 0) is 12.1 Å². The average Bonchev–Trinajstić information content (AvgIpc) is 2.23. The Balaban J connectivity index is 2.42. The van der Waals surface area contributed by atoms with E-state index in [0.29, 0.717) is 0 Å². The molecule has 0 saturated heterocycles. The van der Waals surface area contributed by atoms with Crippen molar-refractivity contribution in [1.82, 2.24) is 10.5 Å². The fraction of sp³-hybridized carbons (Fsp3) is 0.333. The van der Waals surface area contributed by atoms with Gasteiger partial charge in [-0.3, -0.25) is 4.84 Å². The molecule has 94 valence electrons. The number of nitrogens with one attached hydrogen (secondary N) is 1. The number of carboxylic acids is 1. The molecule has 1 aromatic heterocycles. The average molecular weight is 250 g/mol. The SMILES string of the molecule is O=C(O)c1cccc(CNOCC(F)(F)F)n1. The van der Waals surface area contributed by atoms with Crippen molar-refractivity contribution in [3.05, 3.63) is 29.6 Å². The Hall–Kier alpha value is -1.67. The summed E-state index contributed by atoms with van der Waals surface area (Å²) in [6.45, 7) is -1.54. The number of pyridine rings is 1. The molecule has 0 aliphatic heterocycles. The lowest BCUT2D eigenvalue weighted by Gasteiger charge is -2.08. The van der Waals surface area contributed by atoms with Gasteiger partial charge in [0.25, 0.3) is 0 Å². The van der Waals surface area contributed by atoms with Gasteiger partial charge in [0, 0.05) is 0 Å². The van der Waals surface area contributed by atoms with Crippen LogP contribution in [-0.2, 0) is 11.4 Å². The normalized spacial score (nSPS) is 11.5. The zero-order chi connectivity index (χ0) is 12.9. The highest BCUT2D eigenvalue weighted by Gasteiger charge is 2.27. The van der Waals surface area contributed by atoms with Gasteiger partial charge in [-0.1, -0.05) is 6.07 Å². The van der Waals surface area contributed by atoms with Crippen LogP contribution in [0.3, 0.4) is 0 Å². The minimum atomic E-state index is -4.41. The molecule has 0 amide bonds. The molecular formula is C9H9F3N2O3. The molecule has 0 unspecified atom stereocenters. The zero-order valence-corrected chi connectivity index (χ0v) is 8.49. The van der Waals surface area contributed by atoms with E-state index in [9.17, 15) is 18.0 Å². The summed E-state index contributed by atoms with van der Waals surface area (Å²) in [6.07, 6.45) is -4.41. The van der Waals surface area contributed by atoms with Crippen LogP contribution in [0.2, 0.25) is 0 Å². The minimum absolute atomic E-state index is 0.114. The smallest absolute Gasteiger partial charge is 0.413 e. The van der Waals surface area contributed by atoms with Gasteiger partial charge in [-0.2, -0.15) is 18.7 Å². The van der Waals surface area contributed by atoms with E-state index in [4.69, 9.17) is 5.11 Å². The number of hydrogen-bond acceptors (Lipinski definition) is 4. The molecule has 0 radical (unpaired) electrons. The van der Waals surface area contributed by atoms with Crippen molar-refractivity contribution < 1.29 is 27.9 Å². The van der Waals surface area contributed by atoms with Crippen LogP contribution in [0.15, 0.2) is 18.2 Å². The molecule has 0 aromatic carbocycles. The largest absolute Gasteiger partial charge is 0.477 e. The van der Waals surface area contributed by atoms with Gasteiger partial charge in [-0.15, -0.1) is 0 Å². The van der Waals surface area contributed by atoms with Crippen LogP contribution >= 0.6 is 0 Å². The summed E-state index contributed by atoms with van der Waals surface area (Å²) in [4.78, 5) is 18.4. The van der Waals surface area contributed by atoms with E-state index in [1.54, 1.807) is 0 Å². The topological polar surface area (TPSA) is 71.5 Å². The Morgan fingerprint density at radius 3 is 2.76 bits per heavy atom. The Morgan fingerprint density at radius 2 is 2.18 bits per heavy atom. The van der Waals surface area contributed by atoms with Gasteiger partial charge >= 0.3 is 12.1 Å². The predicted octanol–water partition coefficient (Wildman–Crippen LogP) is 1.36. The molecule has 5 nitrogen and oxygen atoms in total. The first-order chi connectivity index (χ1) is 7.88. The summed E-state index contributed by atoms with van der Waals surface area (Å²) in [5.41, 5.74) is 2.14. The monoisotopic (exact) mass is 250 g/mol. The number of hydrogen-bond donors (Lipinski definition) is 2. The number of carbonyl (C=O) groups is 1. The highest BCUT2D eigenvalue weighted by atomic mass is 19.4. The van der Waals surface area contributed by atoms with Crippen molar-refractivity contribution in [3.8, 4) is 0 Å². The Bertz CT molecular complexity index is 395. The maximum Gasteiger partial charge on any atom is 0.413 e. The predicted molar refractivity (Wildman–Crippen MR) is 50.0 cm³/mol. The van der Waals surface area contributed by atoms with Crippen LogP contribution < -0.4 is 5.48 Å². The third kappa shape index (κ3) is 5.27. The molecule has 1 heterocycles. The van der Waals surface area contributed by atoms with Crippen LogP contribution in [-0.4, -0.2) is 28.8 Å². The number of hydroxylamine groups is 1. The summed E-state index contributed by atoms with van der Waals surface area (Å²) in [6, 6.07) is 4.19. The fourth-order valence-corrected chi connectivity index (χ4v) is 0.955. The van der Waals surface area contributed by atoms with E-state index < -0.39 is 18.8 Å². The van der Waals surface area contributed by atoms with Crippen LogP contribution in [0, 0.1) is 0 Å². The van der Waals surface area contributed by atoms with Crippen LogP contribution in [0.1, 0.15) is 16.2 Å². The molecule has 0 fully saturated rings. The second-order valence-electron chi connectivity index (χ2n) is 3.04. The molecule has 1 aromatic rings. The van der Waals surface area contributed by atoms with Gasteiger partial charge in [0.05, 0.1) is 12.2 Å². The Labute approximate surface area is 94.2 Å². The minimum Gasteiger partial charge on any atom is -0.477 e. The highest BCUT2D eigenvalue weighted by molar-refractivity contribution is 5.85. The summed E-state index contributed by atoms with van der Waals surface area (Å²) in [7, 11) is 0. The first kappa shape index (κ1) is 13.4. The number of carboxylic acid groups (broad SMARTS) is 1. The quantitative estimate of drug-likeness (QED) is 0.610. The second kappa shape index (κ2) is 5.60. The number of rotatable bonds is 5. The van der Waals surface area contributed by atoms with E-state index in [2.05, 4.69) is 9.82 Å². The van der Waals surface area contributed by atoms with Gasteiger partial charge in [-0.25, -0.2) is 9.78 Å². The lowest BCUT2D eigenvalue weighted by atomic mass is 10.3. The summed E-state index contributed by atoms with van der Waals surface area (Å²) < 4.78 is 35.1. The molecule has 1 rings (SSSR count). The molecule has 8 heteroatoms. The summed E-state index contributed by atoms with van der Waals surface area (Å²) in [5, 5.41) is 8.62. The molecule has 0 aliphatic carbocycles. The number of alkyl halides is 3. The van der Waals surface area contributed by atoms with Gasteiger partial charge in [0.1, 0.15) is 5.69 Å². The van der Waals surface area contributed by atoms with Crippen LogP contribution in [0.5, 0.6) is 0 Å². The number of aromatic carboxylic acids is 1. The van der Waals surface area contributed by atoms with Crippen molar-refractivity contribution >= 4 is 5.97 Å². The summed E-state index contributed by atoms with van der Waals surface area (Å²) in [5.74, 6) is -1.21. The van der Waals surface area contributed by atoms with Crippen LogP contribution in [0.4, 0.5) is 13.2 Å². The zero-order valence-electron chi connectivity index (χ0n) is 8.49. The van der Waals surface area contributed by atoms with Gasteiger partial charge in [0.15, 0.2) is 6.61 Å².